The summed E-state index contributed by atoms with van der Waals surface area (Å²) < 4.78 is 28.2. The van der Waals surface area contributed by atoms with E-state index >= 15 is 0 Å². The van der Waals surface area contributed by atoms with E-state index in [0.717, 1.165) is 30.8 Å². The second-order valence-electron chi connectivity index (χ2n) is 7.57. The summed E-state index contributed by atoms with van der Waals surface area (Å²) in [6.45, 7) is 9.27. The fourth-order valence-electron chi connectivity index (χ4n) is 3.52. The van der Waals surface area contributed by atoms with E-state index in [1.165, 1.54) is 4.31 Å². The molecule has 1 saturated heterocycles. The third kappa shape index (κ3) is 4.96. The number of amides is 1. The largest absolute Gasteiger partial charge is 0.339 e. The highest BCUT2D eigenvalue weighted by atomic mass is 35.5. The first-order valence-corrected chi connectivity index (χ1v) is 11.9. The van der Waals surface area contributed by atoms with Crippen LogP contribution in [0.1, 0.15) is 18.1 Å². The number of carbonyl (C=O) groups excluding carboxylic acids is 1. The van der Waals surface area contributed by atoms with Crippen molar-refractivity contribution in [3.8, 4) is 0 Å². The zero-order valence-corrected chi connectivity index (χ0v) is 19.2. The molecule has 1 aliphatic heterocycles. The van der Waals surface area contributed by atoms with Crippen LogP contribution in [0.2, 0.25) is 5.02 Å². The smallest absolute Gasteiger partial charge is 0.264 e. The standard InChI is InChI=1S/C22H28ClN3O3S/c1-4-24-11-13-25(14-12-24)22(27)16-26(21-15-19(23)8-7-18(21)3)30(28,29)20-9-5-17(2)6-10-20/h5-10,15H,4,11-14,16H2,1-3H3. The first kappa shape index (κ1) is 22.6. The van der Waals surface area contributed by atoms with E-state index in [1.807, 2.05) is 13.8 Å². The van der Waals surface area contributed by atoms with E-state index in [2.05, 4.69) is 11.8 Å². The molecule has 0 unspecified atom stereocenters. The zero-order valence-electron chi connectivity index (χ0n) is 17.6. The maximum absolute atomic E-state index is 13.5. The number of hydrogen-bond acceptors (Lipinski definition) is 4. The van der Waals surface area contributed by atoms with Gasteiger partial charge in [-0.15, -0.1) is 0 Å². The van der Waals surface area contributed by atoms with Crippen LogP contribution in [0.5, 0.6) is 0 Å². The SMILES string of the molecule is CCN1CCN(C(=O)CN(c2cc(Cl)ccc2C)S(=O)(=O)c2ccc(C)cc2)CC1. The summed E-state index contributed by atoms with van der Waals surface area (Å²) in [5, 5.41) is 0.420. The van der Waals surface area contributed by atoms with Gasteiger partial charge in [0.1, 0.15) is 6.54 Å². The van der Waals surface area contributed by atoms with Crippen molar-refractivity contribution in [1.82, 2.24) is 9.80 Å². The van der Waals surface area contributed by atoms with Crippen LogP contribution in [-0.2, 0) is 14.8 Å². The van der Waals surface area contributed by atoms with Gasteiger partial charge in [-0.1, -0.05) is 42.3 Å². The van der Waals surface area contributed by atoms with Gasteiger partial charge in [0.25, 0.3) is 10.0 Å². The molecule has 0 radical (unpaired) electrons. The van der Waals surface area contributed by atoms with Crippen LogP contribution in [0.3, 0.4) is 0 Å². The van der Waals surface area contributed by atoms with E-state index < -0.39 is 10.0 Å². The van der Waals surface area contributed by atoms with Gasteiger partial charge in [0, 0.05) is 31.2 Å². The Hall–Kier alpha value is -2.09. The third-order valence-electron chi connectivity index (χ3n) is 5.50. The van der Waals surface area contributed by atoms with Crippen molar-refractivity contribution >= 4 is 33.2 Å². The van der Waals surface area contributed by atoms with Crippen molar-refractivity contribution in [3.63, 3.8) is 0 Å². The Morgan fingerprint density at radius 3 is 2.27 bits per heavy atom. The molecule has 0 spiro atoms. The summed E-state index contributed by atoms with van der Waals surface area (Å²) in [5.74, 6) is -0.208. The third-order valence-corrected chi connectivity index (χ3v) is 7.51. The van der Waals surface area contributed by atoms with E-state index in [1.54, 1.807) is 47.4 Å². The minimum absolute atomic E-state index is 0.149. The molecule has 0 aliphatic carbocycles. The van der Waals surface area contributed by atoms with Gasteiger partial charge in [-0.3, -0.25) is 9.10 Å². The van der Waals surface area contributed by atoms with Crippen molar-refractivity contribution in [2.75, 3.05) is 43.6 Å². The van der Waals surface area contributed by atoms with E-state index in [-0.39, 0.29) is 17.3 Å². The molecule has 6 nitrogen and oxygen atoms in total. The maximum Gasteiger partial charge on any atom is 0.264 e. The molecule has 0 atom stereocenters. The van der Waals surface area contributed by atoms with Gasteiger partial charge in [-0.25, -0.2) is 8.42 Å². The van der Waals surface area contributed by atoms with E-state index in [4.69, 9.17) is 11.6 Å². The number of benzene rings is 2. The average Bonchev–Trinajstić information content (AvgIpc) is 2.74. The lowest BCUT2D eigenvalue weighted by atomic mass is 10.2. The second-order valence-corrected chi connectivity index (χ2v) is 9.87. The fraction of sp³-hybridized carbons (Fsp3) is 0.409. The van der Waals surface area contributed by atoms with Gasteiger partial charge in [-0.2, -0.15) is 0 Å². The lowest BCUT2D eigenvalue weighted by molar-refractivity contribution is -0.131. The van der Waals surface area contributed by atoms with Crippen molar-refractivity contribution in [3.05, 3.63) is 58.6 Å². The number of sulfonamides is 1. The molecule has 2 aromatic carbocycles. The minimum atomic E-state index is -3.94. The molecule has 1 fully saturated rings. The highest BCUT2D eigenvalue weighted by Crippen LogP contribution is 2.29. The Morgan fingerprint density at radius 1 is 1.03 bits per heavy atom. The molecule has 162 valence electrons. The van der Waals surface area contributed by atoms with E-state index in [9.17, 15) is 13.2 Å². The fourth-order valence-corrected chi connectivity index (χ4v) is 5.16. The number of rotatable bonds is 6. The Morgan fingerprint density at radius 2 is 1.67 bits per heavy atom. The van der Waals surface area contributed by atoms with Gasteiger partial charge in [0.2, 0.25) is 5.91 Å². The van der Waals surface area contributed by atoms with Crippen LogP contribution in [0.4, 0.5) is 5.69 Å². The molecular weight excluding hydrogens is 422 g/mol. The number of piperazine rings is 1. The normalized spacial score (nSPS) is 15.3. The van der Waals surface area contributed by atoms with Gasteiger partial charge in [0.15, 0.2) is 0 Å². The summed E-state index contributed by atoms with van der Waals surface area (Å²) in [4.78, 5) is 17.2. The molecule has 0 bridgehead atoms. The lowest BCUT2D eigenvalue weighted by Gasteiger charge is -2.35. The summed E-state index contributed by atoms with van der Waals surface area (Å²) in [7, 11) is -3.94. The van der Waals surface area contributed by atoms with Crippen LogP contribution in [0.15, 0.2) is 47.4 Å². The first-order valence-electron chi connectivity index (χ1n) is 10.1. The van der Waals surface area contributed by atoms with Crippen molar-refractivity contribution in [2.24, 2.45) is 0 Å². The Balaban J connectivity index is 1.95. The van der Waals surface area contributed by atoms with Crippen LogP contribution < -0.4 is 4.31 Å². The number of aryl methyl sites for hydroxylation is 2. The predicted molar refractivity (Wildman–Crippen MR) is 121 cm³/mol. The molecule has 1 amide bonds. The number of nitrogens with zero attached hydrogens (tertiary/aromatic N) is 3. The van der Waals surface area contributed by atoms with E-state index in [0.29, 0.717) is 23.8 Å². The Kier molecular flexibility index (Phi) is 7.06. The monoisotopic (exact) mass is 449 g/mol. The molecule has 2 aromatic rings. The second kappa shape index (κ2) is 9.37. The minimum Gasteiger partial charge on any atom is -0.339 e. The molecule has 0 N–H and O–H groups in total. The van der Waals surface area contributed by atoms with Crippen LogP contribution >= 0.6 is 11.6 Å². The molecule has 8 heteroatoms. The van der Waals surface area contributed by atoms with Gasteiger partial charge < -0.3 is 9.80 Å². The van der Waals surface area contributed by atoms with Crippen LogP contribution in [0.25, 0.3) is 0 Å². The zero-order chi connectivity index (χ0) is 21.9. The first-order chi connectivity index (χ1) is 14.2. The molecule has 1 aliphatic rings. The van der Waals surface area contributed by atoms with Crippen LogP contribution in [-0.4, -0.2) is 63.4 Å². The quantitative estimate of drug-likeness (QED) is 0.678. The number of halogens is 1. The summed E-state index contributed by atoms with van der Waals surface area (Å²) >= 11 is 6.17. The summed E-state index contributed by atoms with van der Waals surface area (Å²) in [6, 6.07) is 11.7. The van der Waals surface area contributed by atoms with Crippen LogP contribution in [0, 0.1) is 13.8 Å². The highest BCUT2D eigenvalue weighted by molar-refractivity contribution is 7.92. The summed E-state index contributed by atoms with van der Waals surface area (Å²) in [5.41, 5.74) is 2.12. The topological polar surface area (TPSA) is 60.9 Å². The highest BCUT2D eigenvalue weighted by Gasteiger charge is 2.31. The maximum atomic E-state index is 13.5. The Labute approximate surface area is 184 Å². The lowest BCUT2D eigenvalue weighted by Crippen LogP contribution is -2.51. The number of likely N-dealkylation sites (N-methyl/N-ethyl adjacent to an activating group) is 1. The van der Waals surface area contributed by atoms with Gasteiger partial charge in [-0.05, 0) is 50.2 Å². The average molecular weight is 450 g/mol. The molecule has 1 heterocycles. The molecular formula is C22H28ClN3O3S. The summed E-state index contributed by atoms with van der Waals surface area (Å²) in [6.07, 6.45) is 0. The van der Waals surface area contributed by atoms with Gasteiger partial charge in [0.05, 0.1) is 10.6 Å². The number of anilines is 1. The Bertz CT molecular complexity index is 1000. The molecule has 3 rings (SSSR count). The van der Waals surface area contributed by atoms with Gasteiger partial charge >= 0.3 is 0 Å². The van der Waals surface area contributed by atoms with Crippen molar-refractivity contribution in [1.29, 1.82) is 0 Å². The molecule has 30 heavy (non-hydrogen) atoms. The molecule has 0 aromatic heterocycles. The number of carbonyl (C=O) groups is 1. The predicted octanol–water partition coefficient (Wildman–Crippen LogP) is 3.32. The van der Waals surface area contributed by atoms with Crippen molar-refractivity contribution < 1.29 is 13.2 Å². The number of hydrogen-bond donors (Lipinski definition) is 0. The van der Waals surface area contributed by atoms with Crippen molar-refractivity contribution in [2.45, 2.75) is 25.7 Å². The molecule has 0 saturated carbocycles.